The molecule has 2 bridgehead atoms. The summed E-state index contributed by atoms with van der Waals surface area (Å²) in [7, 11) is 0. The van der Waals surface area contributed by atoms with Crippen LogP contribution in [0.3, 0.4) is 0 Å². The topological polar surface area (TPSA) is 12.0 Å². The van der Waals surface area contributed by atoms with E-state index in [1.54, 1.807) is 0 Å². The molecule has 4 aliphatic carbocycles. The minimum absolute atomic E-state index is 0.981. The van der Waals surface area contributed by atoms with Crippen LogP contribution in [0.4, 0.5) is 0 Å². The molecule has 0 saturated carbocycles. The maximum Gasteiger partial charge on any atom is 0.0824 e. The minimum Gasteiger partial charge on any atom is -0.349 e. The number of hydrogen-bond donors (Lipinski definition) is 1. The fraction of sp³-hybridized carbons (Fsp3) is 0.0968. The Bertz CT molecular complexity index is 1400. The highest BCUT2D eigenvalue weighted by Crippen LogP contribution is 2.26. The average Bonchev–Trinajstić information content (AvgIpc) is 3.31. The lowest BCUT2D eigenvalue weighted by atomic mass is 10.0. The number of hydrogen-bond acceptors (Lipinski definition) is 1. The molecule has 0 radical (unpaired) electrons. The van der Waals surface area contributed by atoms with Gasteiger partial charge < -0.3 is 5.32 Å². The van der Waals surface area contributed by atoms with Crippen molar-refractivity contribution >= 4 is 0 Å². The summed E-state index contributed by atoms with van der Waals surface area (Å²) in [5.41, 5.74) is 23.7. The normalized spacial score (nSPS) is 20.7. The lowest BCUT2D eigenvalue weighted by molar-refractivity contribution is 0.945. The summed E-state index contributed by atoms with van der Waals surface area (Å²) in [5.74, 6) is 0. The first-order valence-corrected chi connectivity index (χ1v) is 10.9. The van der Waals surface area contributed by atoms with Gasteiger partial charge in [-0.2, -0.15) is 0 Å². The van der Waals surface area contributed by atoms with Gasteiger partial charge in [-0.05, 0) is 86.1 Å². The first-order valence-electron chi connectivity index (χ1n) is 10.9. The van der Waals surface area contributed by atoms with Gasteiger partial charge in [-0.3, -0.25) is 0 Å². The standard InChI is InChI=1S/C31H23N/c1-23-6-4-9-26(18-12-23)27-10-5-7-24(15-19-27)13-14-25-16-20-30-28-8-2-3-11-29(22-28)32-31(30)21-17-25/h2-8,11,13-15,17,19-21,32H,12,18H2,1H3. The molecule has 0 aromatic heterocycles. The number of allylic oxidation sites excluding steroid dienone is 18. The zero-order chi connectivity index (χ0) is 21.8. The van der Waals surface area contributed by atoms with Crippen molar-refractivity contribution in [2.24, 2.45) is 0 Å². The smallest absolute Gasteiger partial charge is 0.0824 e. The molecule has 0 spiro atoms. The van der Waals surface area contributed by atoms with Crippen molar-refractivity contribution in [3.63, 3.8) is 0 Å². The van der Waals surface area contributed by atoms with E-state index >= 15 is 0 Å². The second kappa shape index (κ2) is 8.89. The molecule has 0 aromatic carbocycles. The predicted molar refractivity (Wildman–Crippen MR) is 132 cm³/mol. The maximum atomic E-state index is 3.43. The van der Waals surface area contributed by atoms with Crippen LogP contribution < -0.4 is 5.32 Å². The monoisotopic (exact) mass is 409 g/mol. The van der Waals surface area contributed by atoms with Crippen LogP contribution in [0.5, 0.6) is 0 Å². The Balaban J connectivity index is 1.32. The van der Waals surface area contributed by atoms with Crippen LogP contribution in [0.2, 0.25) is 0 Å². The second-order valence-electron chi connectivity index (χ2n) is 8.06. The average molecular weight is 410 g/mol. The summed E-state index contributed by atoms with van der Waals surface area (Å²) < 4.78 is 0. The molecule has 5 rings (SSSR count). The van der Waals surface area contributed by atoms with Gasteiger partial charge in [-0.15, -0.1) is 17.2 Å². The van der Waals surface area contributed by atoms with Gasteiger partial charge in [-0.1, -0.05) is 41.7 Å². The lowest BCUT2D eigenvalue weighted by Gasteiger charge is -2.14. The summed E-state index contributed by atoms with van der Waals surface area (Å²) in [5, 5.41) is 3.43. The van der Waals surface area contributed by atoms with E-state index in [9.17, 15) is 0 Å². The third kappa shape index (κ3) is 4.44. The first-order chi connectivity index (χ1) is 15.7. The van der Waals surface area contributed by atoms with E-state index in [2.05, 4.69) is 89.8 Å². The van der Waals surface area contributed by atoms with Crippen molar-refractivity contribution in [3.8, 4) is 0 Å². The zero-order valence-corrected chi connectivity index (χ0v) is 18.1. The van der Waals surface area contributed by atoms with Crippen molar-refractivity contribution in [2.45, 2.75) is 19.8 Å². The maximum absolute atomic E-state index is 3.43. The highest BCUT2D eigenvalue weighted by Gasteiger charge is 2.13. The molecule has 152 valence electrons. The molecule has 0 unspecified atom stereocenters. The van der Waals surface area contributed by atoms with E-state index in [1.165, 1.54) is 11.1 Å². The van der Waals surface area contributed by atoms with Crippen LogP contribution in [-0.4, -0.2) is 0 Å². The number of fused-ring (bicyclic) bond motifs is 1. The van der Waals surface area contributed by atoms with Gasteiger partial charge >= 0.3 is 0 Å². The largest absolute Gasteiger partial charge is 0.349 e. The number of rotatable bonds is 3. The summed E-state index contributed by atoms with van der Waals surface area (Å²) in [6.07, 6.45) is 33.2. The Labute approximate surface area is 189 Å². The Hall–Kier alpha value is -4.20. The van der Waals surface area contributed by atoms with Gasteiger partial charge in [0.15, 0.2) is 0 Å². The van der Waals surface area contributed by atoms with E-state index in [0.717, 1.165) is 52.1 Å². The van der Waals surface area contributed by atoms with E-state index in [-0.39, 0.29) is 0 Å². The third-order valence-electron chi connectivity index (χ3n) is 5.70. The molecule has 1 heteroatoms. The highest BCUT2D eigenvalue weighted by molar-refractivity contribution is 5.60. The van der Waals surface area contributed by atoms with Crippen LogP contribution in [0.25, 0.3) is 0 Å². The van der Waals surface area contributed by atoms with Crippen molar-refractivity contribution in [2.75, 3.05) is 0 Å². The summed E-state index contributed by atoms with van der Waals surface area (Å²) in [6, 6.07) is 0. The van der Waals surface area contributed by atoms with E-state index in [1.807, 2.05) is 36.5 Å². The zero-order valence-electron chi connectivity index (χ0n) is 18.1. The Morgan fingerprint density at radius 2 is 1.72 bits per heavy atom. The molecule has 0 saturated heterocycles. The lowest BCUT2D eigenvalue weighted by Crippen LogP contribution is -2.14. The van der Waals surface area contributed by atoms with Crippen molar-refractivity contribution in [1.29, 1.82) is 0 Å². The van der Waals surface area contributed by atoms with E-state index in [4.69, 9.17) is 0 Å². The Morgan fingerprint density at radius 3 is 2.69 bits per heavy atom. The van der Waals surface area contributed by atoms with Crippen LogP contribution in [-0.2, 0) is 0 Å². The minimum atomic E-state index is 0.981. The second-order valence-corrected chi connectivity index (χ2v) is 8.06. The fourth-order valence-electron chi connectivity index (χ4n) is 3.86. The van der Waals surface area contributed by atoms with E-state index in [0.29, 0.717) is 0 Å². The molecule has 1 heterocycles. The molecule has 0 atom stereocenters. The number of nitrogens with one attached hydrogen (secondary N) is 1. The van der Waals surface area contributed by atoms with Crippen molar-refractivity contribution in [1.82, 2.24) is 5.32 Å². The SMILES string of the molecule is CC1=CC=C=C(C2=C=CC=C(C=CC3=C=CC4=C(C=C3)NC3=C=C4C=CC=C3)C=C2)CC1. The quantitative estimate of drug-likeness (QED) is 0.496. The van der Waals surface area contributed by atoms with Crippen LogP contribution in [0.15, 0.2) is 164 Å². The fourth-order valence-corrected chi connectivity index (χ4v) is 3.86. The Kier molecular flexibility index (Phi) is 5.48. The molecule has 5 aliphatic rings. The van der Waals surface area contributed by atoms with Gasteiger partial charge in [0.25, 0.3) is 0 Å². The van der Waals surface area contributed by atoms with Gasteiger partial charge in [0, 0.05) is 33.6 Å². The highest BCUT2D eigenvalue weighted by atomic mass is 14.9. The molecule has 1 nitrogen and oxygen atoms in total. The first kappa shape index (κ1) is 19.7. The summed E-state index contributed by atoms with van der Waals surface area (Å²) >= 11 is 0. The Morgan fingerprint density at radius 1 is 0.812 bits per heavy atom. The van der Waals surface area contributed by atoms with Gasteiger partial charge in [0.05, 0.1) is 5.70 Å². The predicted octanol–water partition coefficient (Wildman–Crippen LogP) is 6.99. The molecular weight excluding hydrogens is 386 g/mol. The van der Waals surface area contributed by atoms with Gasteiger partial charge in [0.1, 0.15) is 0 Å². The summed E-state index contributed by atoms with van der Waals surface area (Å²) in [6.45, 7) is 2.17. The summed E-state index contributed by atoms with van der Waals surface area (Å²) in [4.78, 5) is 0. The molecule has 32 heavy (non-hydrogen) atoms. The molecule has 0 amide bonds. The van der Waals surface area contributed by atoms with E-state index < -0.39 is 0 Å². The van der Waals surface area contributed by atoms with Crippen LogP contribution >= 0.6 is 0 Å². The molecular formula is C31H23N. The van der Waals surface area contributed by atoms with Crippen molar-refractivity contribution < 1.29 is 0 Å². The van der Waals surface area contributed by atoms with Crippen LogP contribution in [0.1, 0.15) is 19.8 Å². The molecule has 1 aliphatic heterocycles. The van der Waals surface area contributed by atoms with Crippen molar-refractivity contribution in [3.05, 3.63) is 164 Å². The van der Waals surface area contributed by atoms with Gasteiger partial charge in [0.2, 0.25) is 0 Å². The molecule has 1 N–H and O–H groups in total. The molecule has 0 fully saturated rings. The third-order valence-corrected chi connectivity index (χ3v) is 5.70. The van der Waals surface area contributed by atoms with Gasteiger partial charge in [-0.25, -0.2) is 0 Å². The molecule has 0 aromatic rings. The van der Waals surface area contributed by atoms with Crippen LogP contribution in [0, 0.1) is 0 Å².